The van der Waals surface area contributed by atoms with Gasteiger partial charge in [-0.3, -0.25) is 14.9 Å². The van der Waals surface area contributed by atoms with Crippen molar-refractivity contribution < 1.29 is 20.2 Å². The van der Waals surface area contributed by atoms with Crippen LogP contribution in [0.1, 0.15) is 29.5 Å². The third-order valence-electron chi connectivity index (χ3n) is 5.23. The lowest BCUT2D eigenvalue weighted by Crippen LogP contribution is -2.27. The highest BCUT2D eigenvalue weighted by molar-refractivity contribution is 5.90. The quantitative estimate of drug-likeness (QED) is 0.141. The molecule has 5 N–H and O–H groups in total. The topological polar surface area (TPSA) is 109 Å². The number of aromatic amines is 1. The van der Waals surface area contributed by atoms with Gasteiger partial charge in [0, 0.05) is 36.3 Å². The van der Waals surface area contributed by atoms with E-state index in [0.29, 0.717) is 12.8 Å². The van der Waals surface area contributed by atoms with Gasteiger partial charge in [0.05, 0.1) is 0 Å². The molecule has 0 aliphatic heterocycles. The van der Waals surface area contributed by atoms with Crippen LogP contribution >= 0.6 is 0 Å². The van der Waals surface area contributed by atoms with Crippen LogP contribution in [0.4, 0.5) is 0 Å². The SMILES string of the molecule is O=C(/C=C/c1ccc(CN(CCCC(O)O)CCc2c[nH]c3ccccc23)cc1)NO. The van der Waals surface area contributed by atoms with E-state index in [1.165, 1.54) is 17.0 Å². The molecule has 1 amide bonds. The van der Waals surface area contributed by atoms with Crippen LogP contribution in [0, 0.1) is 0 Å². The number of benzene rings is 2. The fraction of sp³-hybridized carbons (Fsp3) is 0.292. The zero-order valence-electron chi connectivity index (χ0n) is 17.4. The highest BCUT2D eigenvalue weighted by Crippen LogP contribution is 2.19. The molecule has 3 rings (SSSR count). The van der Waals surface area contributed by atoms with E-state index < -0.39 is 12.2 Å². The molecule has 0 fully saturated rings. The standard InChI is InChI=1S/C24H29N3O4/c28-23(26-31)12-11-18-7-9-19(10-8-18)17-27(14-3-6-24(29)30)15-13-20-16-25-22-5-2-1-4-21(20)22/h1-2,4-5,7-12,16,24-25,29-31H,3,6,13-15,17H2,(H,26,28)/b12-11+. The summed E-state index contributed by atoms with van der Waals surface area (Å²) >= 11 is 0. The van der Waals surface area contributed by atoms with Crippen molar-refractivity contribution >= 4 is 22.9 Å². The number of aliphatic hydroxyl groups is 2. The number of nitrogens with one attached hydrogen (secondary N) is 2. The number of nitrogens with zero attached hydrogens (tertiary/aromatic N) is 1. The third kappa shape index (κ3) is 7.04. The zero-order chi connectivity index (χ0) is 22.1. The minimum atomic E-state index is -1.28. The Morgan fingerprint density at radius 3 is 2.61 bits per heavy atom. The zero-order valence-corrected chi connectivity index (χ0v) is 17.4. The van der Waals surface area contributed by atoms with Gasteiger partial charge in [-0.05, 0) is 54.6 Å². The maximum atomic E-state index is 11.1. The predicted octanol–water partition coefficient (Wildman–Crippen LogP) is 2.82. The summed E-state index contributed by atoms with van der Waals surface area (Å²) < 4.78 is 0. The monoisotopic (exact) mass is 423 g/mol. The lowest BCUT2D eigenvalue weighted by Gasteiger charge is -2.23. The molecule has 7 nitrogen and oxygen atoms in total. The lowest BCUT2D eigenvalue weighted by atomic mass is 10.1. The van der Waals surface area contributed by atoms with Crippen molar-refractivity contribution in [1.29, 1.82) is 0 Å². The van der Waals surface area contributed by atoms with E-state index in [-0.39, 0.29) is 0 Å². The molecule has 0 aliphatic carbocycles. The van der Waals surface area contributed by atoms with Crippen LogP contribution < -0.4 is 5.48 Å². The van der Waals surface area contributed by atoms with Crippen molar-refractivity contribution in [2.75, 3.05) is 13.1 Å². The van der Waals surface area contributed by atoms with E-state index in [9.17, 15) is 15.0 Å². The number of aliphatic hydroxyl groups excluding tert-OH is 1. The molecule has 2 aromatic carbocycles. The fourth-order valence-corrected chi connectivity index (χ4v) is 3.59. The number of aromatic nitrogens is 1. The van der Waals surface area contributed by atoms with Crippen molar-refractivity contribution in [2.24, 2.45) is 0 Å². The minimum Gasteiger partial charge on any atom is -0.368 e. The molecule has 0 unspecified atom stereocenters. The number of carbonyl (C=O) groups is 1. The van der Waals surface area contributed by atoms with E-state index in [1.807, 2.05) is 36.4 Å². The fourth-order valence-electron chi connectivity index (χ4n) is 3.59. The highest BCUT2D eigenvalue weighted by Gasteiger charge is 2.10. The van der Waals surface area contributed by atoms with Crippen molar-refractivity contribution in [3.63, 3.8) is 0 Å². The second-order valence-electron chi connectivity index (χ2n) is 7.56. The van der Waals surface area contributed by atoms with Gasteiger partial charge in [0.25, 0.3) is 5.91 Å². The number of amides is 1. The number of hydrogen-bond donors (Lipinski definition) is 5. The van der Waals surface area contributed by atoms with Gasteiger partial charge >= 0.3 is 0 Å². The largest absolute Gasteiger partial charge is 0.368 e. The van der Waals surface area contributed by atoms with Crippen LogP contribution in [-0.2, 0) is 17.8 Å². The molecule has 164 valence electrons. The van der Waals surface area contributed by atoms with E-state index in [4.69, 9.17) is 5.21 Å². The number of hydrogen-bond acceptors (Lipinski definition) is 5. The summed E-state index contributed by atoms with van der Waals surface area (Å²) in [4.78, 5) is 16.7. The van der Waals surface area contributed by atoms with Gasteiger partial charge in [0.15, 0.2) is 6.29 Å². The van der Waals surface area contributed by atoms with E-state index in [2.05, 4.69) is 28.2 Å². The Bertz CT molecular complexity index is 995. The van der Waals surface area contributed by atoms with Crippen molar-refractivity contribution in [3.05, 3.63) is 77.5 Å². The first kappa shape index (κ1) is 22.7. The second kappa shape index (κ2) is 11.4. The maximum absolute atomic E-state index is 11.1. The molecule has 1 heterocycles. The molecule has 3 aromatic rings. The van der Waals surface area contributed by atoms with Gasteiger partial charge in [-0.25, -0.2) is 5.48 Å². The van der Waals surface area contributed by atoms with Gasteiger partial charge in [0.1, 0.15) is 0 Å². The number of hydroxylamine groups is 1. The number of H-pyrrole nitrogens is 1. The number of rotatable bonds is 11. The average Bonchev–Trinajstić information content (AvgIpc) is 3.19. The van der Waals surface area contributed by atoms with Crippen LogP contribution in [-0.4, -0.2) is 50.6 Å². The van der Waals surface area contributed by atoms with Gasteiger partial charge < -0.3 is 15.2 Å². The van der Waals surface area contributed by atoms with E-state index in [1.54, 1.807) is 11.6 Å². The Morgan fingerprint density at radius 2 is 1.87 bits per heavy atom. The van der Waals surface area contributed by atoms with E-state index in [0.717, 1.165) is 42.7 Å². The summed E-state index contributed by atoms with van der Waals surface area (Å²) in [7, 11) is 0. The summed E-state index contributed by atoms with van der Waals surface area (Å²) in [5.74, 6) is -0.571. The summed E-state index contributed by atoms with van der Waals surface area (Å²) in [5, 5.41) is 28.1. The normalized spacial score (nSPS) is 11.8. The second-order valence-corrected chi connectivity index (χ2v) is 7.56. The van der Waals surface area contributed by atoms with Crippen LogP contribution in [0.2, 0.25) is 0 Å². The minimum absolute atomic E-state index is 0.347. The number of carbonyl (C=O) groups excluding carboxylic acids is 1. The van der Waals surface area contributed by atoms with Crippen molar-refractivity contribution in [1.82, 2.24) is 15.4 Å². The van der Waals surface area contributed by atoms with Gasteiger partial charge in [0.2, 0.25) is 0 Å². The number of fused-ring (bicyclic) bond motifs is 1. The molecule has 0 radical (unpaired) electrons. The first-order valence-corrected chi connectivity index (χ1v) is 10.4. The highest BCUT2D eigenvalue weighted by atomic mass is 16.5. The lowest BCUT2D eigenvalue weighted by molar-refractivity contribution is -0.124. The van der Waals surface area contributed by atoms with Gasteiger partial charge in [-0.2, -0.15) is 0 Å². The molecule has 0 spiro atoms. The molecule has 0 saturated heterocycles. The maximum Gasteiger partial charge on any atom is 0.267 e. The predicted molar refractivity (Wildman–Crippen MR) is 120 cm³/mol. The van der Waals surface area contributed by atoms with Crippen LogP contribution in [0.15, 0.2) is 60.8 Å². The van der Waals surface area contributed by atoms with Crippen LogP contribution in [0.3, 0.4) is 0 Å². The first-order valence-electron chi connectivity index (χ1n) is 10.4. The molecule has 0 atom stereocenters. The van der Waals surface area contributed by atoms with Crippen LogP contribution in [0.25, 0.3) is 17.0 Å². The average molecular weight is 424 g/mol. The molecular weight excluding hydrogens is 394 g/mol. The van der Waals surface area contributed by atoms with Crippen LogP contribution in [0.5, 0.6) is 0 Å². The molecule has 7 heteroatoms. The van der Waals surface area contributed by atoms with Crippen molar-refractivity contribution in [2.45, 2.75) is 32.1 Å². The molecule has 0 aliphatic rings. The number of para-hydroxylation sites is 1. The Labute approximate surface area is 181 Å². The smallest absolute Gasteiger partial charge is 0.267 e. The Hall–Kier alpha value is -2.97. The third-order valence-corrected chi connectivity index (χ3v) is 5.23. The molecule has 0 saturated carbocycles. The van der Waals surface area contributed by atoms with Gasteiger partial charge in [-0.15, -0.1) is 0 Å². The molecular formula is C24H29N3O4. The summed E-state index contributed by atoms with van der Waals surface area (Å²) in [6, 6.07) is 16.1. The summed E-state index contributed by atoms with van der Waals surface area (Å²) in [6.45, 7) is 2.35. The van der Waals surface area contributed by atoms with Gasteiger partial charge in [-0.1, -0.05) is 42.5 Å². The van der Waals surface area contributed by atoms with Crippen molar-refractivity contribution in [3.8, 4) is 0 Å². The Balaban J connectivity index is 1.63. The summed E-state index contributed by atoms with van der Waals surface area (Å²) in [6.07, 6.45) is 5.61. The molecule has 31 heavy (non-hydrogen) atoms. The Morgan fingerprint density at radius 1 is 1.10 bits per heavy atom. The molecule has 1 aromatic heterocycles. The molecule has 0 bridgehead atoms. The summed E-state index contributed by atoms with van der Waals surface area (Å²) in [5.41, 5.74) is 5.96. The van der Waals surface area contributed by atoms with E-state index >= 15 is 0 Å². The Kier molecular flexibility index (Phi) is 8.37. The first-order chi connectivity index (χ1) is 15.0.